The highest BCUT2D eigenvalue weighted by Gasteiger charge is 2.14. The summed E-state index contributed by atoms with van der Waals surface area (Å²) in [7, 11) is 0. The van der Waals surface area contributed by atoms with Crippen molar-refractivity contribution in [3.8, 4) is 17.1 Å². The van der Waals surface area contributed by atoms with Gasteiger partial charge in [-0.25, -0.2) is 4.98 Å². The van der Waals surface area contributed by atoms with Gasteiger partial charge < -0.3 is 0 Å². The smallest absolute Gasteiger partial charge is 0.266 e. The number of para-hydroxylation sites is 1. The van der Waals surface area contributed by atoms with Crippen molar-refractivity contribution in [2.75, 3.05) is 0 Å². The molecule has 4 aromatic carbocycles. The maximum Gasteiger partial charge on any atom is 0.266 e. The molecule has 0 bridgehead atoms. The van der Waals surface area contributed by atoms with Gasteiger partial charge in [0, 0.05) is 5.56 Å². The van der Waals surface area contributed by atoms with Crippen LogP contribution in [-0.2, 0) is 0 Å². The zero-order chi connectivity index (χ0) is 21.0. The second kappa shape index (κ2) is 8.16. The first-order valence-electron chi connectivity index (χ1n) is 9.94. The minimum absolute atomic E-state index is 0.108. The molecule has 0 spiro atoms. The first-order chi connectivity index (χ1) is 15.3. The lowest BCUT2D eigenvalue weighted by Crippen LogP contribution is -2.21. The third kappa shape index (κ3) is 3.76. The molecule has 0 saturated carbocycles. The van der Waals surface area contributed by atoms with E-state index in [1.54, 1.807) is 10.6 Å². The summed E-state index contributed by atoms with van der Waals surface area (Å²) in [5, 5.41) is 9.11. The molecular formula is C26H18N4O. The van der Waals surface area contributed by atoms with E-state index in [1.165, 1.54) is 0 Å². The predicted molar refractivity (Wildman–Crippen MR) is 123 cm³/mol. The average molecular weight is 402 g/mol. The molecule has 0 radical (unpaired) electrons. The zero-order valence-electron chi connectivity index (χ0n) is 16.6. The lowest BCUT2D eigenvalue weighted by molar-refractivity contribution is 0.975. The van der Waals surface area contributed by atoms with Crippen molar-refractivity contribution in [1.29, 1.82) is 0 Å². The Bertz CT molecular complexity index is 1420. The zero-order valence-corrected chi connectivity index (χ0v) is 16.6. The molecule has 5 nitrogen and oxygen atoms in total. The van der Waals surface area contributed by atoms with Crippen molar-refractivity contribution in [3.63, 3.8) is 0 Å². The molecule has 1 aromatic heterocycles. The summed E-state index contributed by atoms with van der Waals surface area (Å²) in [6.07, 6.45) is 0. The van der Waals surface area contributed by atoms with Crippen LogP contribution in [0.15, 0.2) is 124 Å². The number of hydrogen-bond acceptors (Lipinski definition) is 4. The van der Waals surface area contributed by atoms with Crippen molar-refractivity contribution >= 4 is 22.3 Å². The van der Waals surface area contributed by atoms with Crippen LogP contribution in [-0.4, -0.2) is 9.55 Å². The fraction of sp³-hybridized carbons (Fsp3) is 0. The Morgan fingerprint density at radius 3 is 1.90 bits per heavy atom. The highest BCUT2D eigenvalue weighted by atomic mass is 16.1. The second-order valence-corrected chi connectivity index (χ2v) is 7.01. The Balaban J connectivity index is 1.62. The summed E-state index contributed by atoms with van der Waals surface area (Å²) < 4.78 is 1.65. The molecule has 5 rings (SSSR count). The maximum atomic E-state index is 13.4. The molecule has 0 aliphatic carbocycles. The number of benzene rings is 4. The minimum Gasteiger partial charge on any atom is -0.268 e. The first kappa shape index (κ1) is 18.6. The number of hydrogen-bond donors (Lipinski definition) is 0. The number of rotatable bonds is 4. The molecule has 0 fully saturated rings. The standard InChI is InChI=1S/C26H18N4O/c31-26-23-13-7-8-14-24(23)27-25(19-9-3-1-4-10-19)30(26)22-17-15-21(16-18-22)29-28-20-11-5-2-6-12-20/h1-18H. The van der Waals surface area contributed by atoms with E-state index in [-0.39, 0.29) is 5.56 Å². The molecule has 0 atom stereocenters. The summed E-state index contributed by atoms with van der Waals surface area (Å²) in [4.78, 5) is 18.2. The third-order valence-corrected chi connectivity index (χ3v) is 4.95. The Kier molecular flexibility index (Phi) is 4.91. The van der Waals surface area contributed by atoms with Gasteiger partial charge in [-0.1, -0.05) is 60.7 Å². The van der Waals surface area contributed by atoms with Gasteiger partial charge in [0.1, 0.15) is 5.82 Å². The molecule has 148 valence electrons. The maximum absolute atomic E-state index is 13.4. The highest BCUT2D eigenvalue weighted by molar-refractivity contribution is 5.80. The van der Waals surface area contributed by atoms with Crippen LogP contribution in [0.1, 0.15) is 0 Å². The monoisotopic (exact) mass is 402 g/mol. The van der Waals surface area contributed by atoms with Gasteiger partial charge in [-0.3, -0.25) is 9.36 Å². The van der Waals surface area contributed by atoms with Crippen LogP contribution in [0.2, 0.25) is 0 Å². The summed E-state index contributed by atoms with van der Waals surface area (Å²) in [5.74, 6) is 0.600. The van der Waals surface area contributed by atoms with Gasteiger partial charge in [0.15, 0.2) is 0 Å². The fourth-order valence-electron chi connectivity index (χ4n) is 3.43. The van der Waals surface area contributed by atoms with E-state index < -0.39 is 0 Å². The van der Waals surface area contributed by atoms with Gasteiger partial charge in [-0.05, 0) is 48.5 Å². The van der Waals surface area contributed by atoms with Gasteiger partial charge in [0.25, 0.3) is 5.56 Å². The molecule has 31 heavy (non-hydrogen) atoms. The van der Waals surface area contributed by atoms with Crippen LogP contribution in [0.4, 0.5) is 11.4 Å². The molecule has 0 aliphatic heterocycles. The van der Waals surface area contributed by atoms with Crippen molar-refractivity contribution < 1.29 is 0 Å². The Hall–Kier alpha value is -4.38. The number of fused-ring (bicyclic) bond motifs is 1. The van der Waals surface area contributed by atoms with Gasteiger partial charge >= 0.3 is 0 Å². The van der Waals surface area contributed by atoms with E-state index in [0.717, 1.165) is 16.9 Å². The molecule has 1 heterocycles. The van der Waals surface area contributed by atoms with Crippen LogP contribution in [0.3, 0.4) is 0 Å². The van der Waals surface area contributed by atoms with Crippen LogP contribution >= 0.6 is 0 Å². The Morgan fingerprint density at radius 1 is 0.613 bits per heavy atom. The topological polar surface area (TPSA) is 59.6 Å². The van der Waals surface area contributed by atoms with E-state index in [4.69, 9.17) is 4.98 Å². The predicted octanol–water partition coefficient (Wildman–Crippen LogP) is 6.47. The molecule has 5 aromatic rings. The lowest BCUT2D eigenvalue weighted by atomic mass is 10.1. The molecular weight excluding hydrogens is 384 g/mol. The Morgan fingerprint density at radius 2 is 1.19 bits per heavy atom. The van der Waals surface area contributed by atoms with E-state index in [0.29, 0.717) is 22.4 Å². The van der Waals surface area contributed by atoms with E-state index in [1.807, 2.05) is 103 Å². The summed E-state index contributed by atoms with van der Waals surface area (Å²) in [5.41, 5.74) is 3.65. The first-order valence-corrected chi connectivity index (χ1v) is 9.94. The third-order valence-electron chi connectivity index (χ3n) is 4.95. The summed E-state index contributed by atoms with van der Waals surface area (Å²) >= 11 is 0. The second-order valence-electron chi connectivity index (χ2n) is 7.01. The molecule has 0 unspecified atom stereocenters. The normalized spacial score (nSPS) is 11.2. The summed E-state index contributed by atoms with van der Waals surface area (Å²) in [6.45, 7) is 0. The quantitative estimate of drug-likeness (QED) is 0.324. The van der Waals surface area contributed by atoms with Crippen molar-refractivity contribution in [2.45, 2.75) is 0 Å². The fourth-order valence-corrected chi connectivity index (χ4v) is 3.43. The minimum atomic E-state index is -0.108. The van der Waals surface area contributed by atoms with Crippen LogP contribution in [0.5, 0.6) is 0 Å². The van der Waals surface area contributed by atoms with Crippen LogP contribution < -0.4 is 5.56 Å². The number of nitrogens with zero attached hydrogens (tertiary/aromatic N) is 4. The highest BCUT2D eigenvalue weighted by Crippen LogP contribution is 2.24. The molecule has 0 saturated heterocycles. The van der Waals surface area contributed by atoms with E-state index >= 15 is 0 Å². The van der Waals surface area contributed by atoms with Gasteiger partial charge in [0.05, 0.1) is 28.0 Å². The lowest BCUT2D eigenvalue weighted by Gasteiger charge is -2.14. The Labute approximate surface area is 179 Å². The van der Waals surface area contributed by atoms with Crippen molar-refractivity contribution in [1.82, 2.24) is 9.55 Å². The number of azo groups is 1. The van der Waals surface area contributed by atoms with Crippen LogP contribution in [0.25, 0.3) is 28.0 Å². The van der Waals surface area contributed by atoms with Crippen LogP contribution in [0, 0.1) is 0 Å². The van der Waals surface area contributed by atoms with E-state index in [9.17, 15) is 4.79 Å². The molecule has 0 aliphatic rings. The number of aromatic nitrogens is 2. The van der Waals surface area contributed by atoms with Gasteiger partial charge in [-0.2, -0.15) is 10.2 Å². The van der Waals surface area contributed by atoms with Crippen molar-refractivity contribution in [3.05, 3.63) is 120 Å². The summed E-state index contributed by atoms with van der Waals surface area (Å²) in [6, 6.07) is 34.1. The molecule has 5 heteroatoms. The largest absolute Gasteiger partial charge is 0.268 e. The average Bonchev–Trinajstić information content (AvgIpc) is 2.84. The molecule has 0 amide bonds. The SMILES string of the molecule is O=c1c2ccccc2nc(-c2ccccc2)n1-c1ccc(N=Nc2ccccc2)cc1. The van der Waals surface area contributed by atoms with Gasteiger partial charge in [0.2, 0.25) is 0 Å². The molecule has 0 N–H and O–H groups in total. The van der Waals surface area contributed by atoms with Gasteiger partial charge in [-0.15, -0.1) is 0 Å². The van der Waals surface area contributed by atoms with E-state index in [2.05, 4.69) is 10.2 Å². The van der Waals surface area contributed by atoms with Crippen molar-refractivity contribution in [2.24, 2.45) is 10.2 Å².